The first kappa shape index (κ1) is 19.6. The van der Waals surface area contributed by atoms with Crippen LogP contribution in [0.3, 0.4) is 0 Å². The lowest BCUT2D eigenvalue weighted by atomic mass is 10.1. The monoisotopic (exact) mass is 452 g/mol. The smallest absolute Gasteiger partial charge is 0.254 e. The molecule has 33 heavy (non-hydrogen) atoms. The number of nitrogens with zero attached hydrogens (tertiary/aromatic N) is 5. The molecule has 1 N–H and O–H groups in total. The van der Waals surface area contributed by atoms with Gasteiger partial charge in [0.25, 0.3) is 5.91 Å². The molecule has 0 unspecified atom stereocenters. The van der Waals surface area contributed by atoms with E-state index in [0.717, 1.165) is 34.2 Å². The maximum atomic E-state index is 13.1. The standard InChI is InChI=1S/C25H20N6OS/c32-25(19-10-8-18(9-11-19)22-7-4-14-33-22)30-12-13-31-23(16-30)28-29-24(31)21-15-20(26-27-21)17-5-2-1-3-6-17/h1-11,14-15H,12-13,16H2,(H,26,27). The van der Waals surface area contributed by atoms with Crippen molar-refractivity contribution in [2.75, 3.05) is 6.54 Å². The maximum absolute atomic E-state index is 13.1. The molecule has 0 atom stereocenters. The molecule has 1 aliphatic heterocycles. The van der Waals surface area contributed by atoms with E-state index >= 15 is 0 Å². The fraction of sp³-hybridized carbons (Fsp3) is 0.120. The van der Waals surface area contributed by atoms with Crippen LogP contribution in [0.5, 0.6) is 0 Å². The molecule has 162 valence electrons. The number of amides is 1. The van der Waals surface area contributed by atoms with Crippen LogP contribution in [-0.4, -0.2) is 42.3 Å². The van der Waals surface area contributed by atoms with Crippen molar-refractivity contribution >= 4 is 17.2 Å². The van der Waals surface area contributed by atoms with Crippen LogP contribution in [0.15, 0.2) is 78.2 Å². The number of carbonyl (C=O) groups is 1. The Hall–Kier alpha value is -4.04. The van der Waals surface area contributed by atoms with E-state index in [-0.39, 0.29) is 5.91 Å². The Morgan fingerprint density at radius 2 is 1.76 bits per heavy atom. The van der Waals surface area contributed by atoms with Crippen LogP contribution in [-0.2, 0) is 13.1 Å². The highest BCUT2D eigenvalue weighted by Crippen LogP contribution is 2.27. The lowest BCUT2D eigenvalue weighted by molar-refractivity contribution is 0.0708. The third kappa shape index (κ3) is 3.64. The largest absolute Gasteiger partial charge is 0.329 e. The van der Waals surface area contributed by atoms with E-state index in [2.05, 4.69) is 36.4 Å². The number of fused-ring (bicyclic) bond motifs is 1. The summed E-state index contributed by atoms with van der Waals surface area (Å²) < 4.78 is 2.06. The molecule has 2 aromatic carbocycles. The minimum atomic E-state index is 0.0106. The van der Waals surface area contributed by atoms with Crippen LogP contribution >= 0.6 is 11.3 Å². The van der Waals surface area contributed by atoms with E-state index in [1.807, 2.05) is 71.6 Å². The quantitative estimate of drug-likeness (QED) is 0.428. The number of thiophene rings is 1. The number of benzene rings is 2. The molecule has 0 bridgehead atoms. The highest BCUT2D eigenvalue weighted by atomic mass is 32.1. The van der Waals surface area contributed by atoms with Gasteiger partial charge in [0.05, 0.1) is 12.2 Å². The fourth-order valence-corrected chi connectivity index (χ4v) is 4.86. The average Bonchev–Trinajstić information content (AvgIpc) is 3.64. The molecular weight excluding hydrogens is 432 g/mol. The van der Waals surface area contributed by atoms with E-state index in [0.29, 0.717) is 25.2 Å². The predicted molar refractivity (Wildman–Crippen MR) is 128 cm³/mol. The van der Waals surface area contributed by atoms with Crippen molar-refractivity contribution in [1.82, 2.24) is 29.9 Å². The van der Waals surface area contributed by atoms with Crippen molar-refractivity contribution in [3.05, 3.63) is 89.6 Å². The molecule has 0 saturated heterocycles. The average molecular weight is 453 g/mol. The fourth-order valence-electron chi connectivity index (χ4n) is 4.13. The van der Waals surface area contributed by atoms with Crippen LogP contribution in [0.25, 0.3) is 33.2 Å². The van der Waals surface area contributed by atoms with Gasteiger partial charge in [0.2, 0.25) is 0 Å². The number of hydrogen-bond acceptors (Lipinski definition) is 5. The Morgan fingerprint density at radius 3 is 2.55 bits per heavy atom. The highest BCUT2D eigenvalue weighted by molar-refractivity contribution is 7.13. The first-order chi connectivity index (χ1) is 16.3. The van der Waals surface area contributed by atoms with Gasteiger partial charge in [-0.3, -0.25) is 9.89 Å². The molecular formula is C25H20N6OS. The van der Waals surface area contributed by atoms with Crippen LogP contribution in [0.2, 0.25) is 0 Å². The van der Waals surface area contributed by atoms with E-state index in [4.69, 9.17) is 0 Å². The number of aromatic amines is 1. The first-order valence-corrected chi connectivity index (χ1v) is 11.6. The van der Waals surface area contributed by atoms with Gasteiger partial charge in [0.1, 0.15) is 5.69 Å². The summed E-state index contributed by atoms with van der Waals surface area (Å²) in [5.41, 5.74) is 4.53. The molecule has 6 rings (SSSR count). The van der Waals surface area contributed by atoms with Crippen LogP contribution < -0.4 is 0 Å². The molecule has 7 nitrogen and oxygen atoms in total. The summed E-state index contributed by atoms with van der Waals surface area (Å²) in [6, 6.07) is 23.9. The summed E-state index contributed by atoms with van der Waals surface area (Å²) in [5, 5.41) is 18.3. The highest BCUT2D eigenvalue weighted by Gasteiger charge is 2.26. The molecule has 0 aliphatic carbocycles. The second-order valence-corrected chi connectivity index (χ2v) is 8.85. The van der Waals surface area contributed by atoms with Crippen LogP contribution in [0.4, 0.5) is 0 Å². The summed E-state index contributed by atoms with van der Waals surface area (Å²) in [6.07, 6.45) is 0. The molecule has 5 aromatic rings. The number of aromatic nitrogens is 5. The molecule has 0 saturated carbocycles. The summed E-state index contributed by atoms with van der Waals surface area (Å²) in [4.78, 5) is 16.1. The van der Waals surface area contributed by atoms with Gasteiger partial charge >= 0.3 is 0 Å². The van der Waals surface area contributed by atoms with Crippen LogP contribution in [0, 0.1) is 0 Å². The third-order valence-electron chi connectivity index (χ3n) is 5.87. The minimum absolute atomic E-state index is 0.0106. The number of carbonyl (C=O) groups excluding carboxylic acids is 1. The van der Waals surface area contributed by atoms with Crippen LogP contribution in [0.1, 0.15) is 16.2 Å². The molecule has 8 heteroatoms. The molecule has 3 aromatic heterocycles. The lowest BCUT2D eigenvalue weighted by Gasteiger charge is -2.27. The molecule has 0 fully saturated rings. The zero-order valence-electron chi connectivity index (χ0n) is 17.7. The van der Waals surface area contributed by atoms with E-state index in [1.165, 1.54) is 4.88 Å². The van der Waals surface area contributed by atoms with Crippen molar-refractivity contribution in [2.24, 2.45) is 0 Å². The second kappa shape index (κ2) is 8.14. The van der Waals surface area contributed by atoms with Crippen molar-refractivity contribution < 1.29 is 4.79 Å². The normalized spacial score (nSPS) is 13.2. The Morgan fingerprint density at radius 1 is 0.909 bits per heavy atom. The molecule has 0 spiro atoms. The van der Waals surface area contributed by atoms with E-state index < -0.39 is 0 Å². The summed E-state index contributed by atoms with van der Waals surface area (Å²) in [6.45, 7) is 1.66. The van der Waals surface area contributed by atoms with Gasteiger partial charge in [-0.1, -0.05) is 48.5 Å². The minimum Gasteiger partial charge on any atom is -0.329 e. The van der Waals surface area contributed by atoms with Gasteiger partial charge in [-0.25, -0.2) is 0 Å². The van der Waals surface area contributed by atoms with Gasteiger partial charge in [0.15, 0.2) is 11.6 Å². The van der Waals surface area contributed by atoms with Gasteiger partial charge in [0, 0.05) is 29.1 Å². The maximum Gasteiger partial charge on any atom is 0.254 e. The van der Waals surface area contributed by atoms with Crippen molar-refractivity contribution in [2.45, 2.75) is 13.1 Å². The summed E-state index contributed by atoms with van der Waals surface area (Å²) in [7, 11) is 0. The number of H-pyrrole nitrogens is 1. The molecule has 0 radical (unpaired) electrons. The first-order valence-electron chi connectivity index (χ1n) is 10.7. The summed E-state index contributed by atoms with van der Waals surface area (Å²) >= 11 is 1.69. The van der Waals surface area contributed by atoms with Gasteiger partial charge in [-0.05, 0) is 35.2 Å². The molecule has 1 aliphatic rings. The van der Waals surface area contributed by atoms with E-state index in [9.17, 15) is 4.79 Å². The van der Waals surface area contributed by atoms with Crippen molar-refractivity contribution in [3.63, 3.8) is 0 Å². The number of hydrogen-bond donors (Lipinski definition) is 1. The van der Waals surface area contributed by atoms with E-state index in [1.54, 1.807) is 11.3 Å². The number of rotatable bonds is 4. The Balaban J connectivity index is 1.20. The predicted octanol–water partition coefficient (Wildman–Crippen LogP) is 4.72. The Labute approximate surface area is 194 Å². The lowest BCUT2D eigenvalue weighted by Crippen LogP contribution is -2.38. The Kier molecular flexibility index (Phi) is 4.84. The topological polar surface area (TPSA) is 79.7 Å². The summed E-state index contributed by atoms with van der Waals surface area (Å²) in [5.74, 6) is 1.53. The zero-order valence-corrected chi connectivity index (χ0v) is 18.5. The third-order valence-corrected chi connectivity index (χ3v) is 6.79. The van der Waals surface area contributed by atoms with Gasteiger partial charge < -0.3 is 9.47 Å². The Bertz CT molecular complexity index is 1400. The van der Waals surface area contributed by atoms with Crippen molar-refractivity contribution in [1.29, 1.82) is 0 Å². The van der Waals surface area contributed by atoms with Gasteiger partial charge in [-0.15, -0.1) is 21.5 Å². The van der Waals surface area contributed by atoms with Gasteiger partial charge in [-0.2, -0.15) is 5.10 Å². The molecule has 1 amide bonds. The molecule has 4 heterocycles. The van der Waals surface area contributed by atoms with Crippen molar-refractivity contribution in [3.8, 4) is 33.2 Å². The SMILES string of the molecule is O=C(c1ccc(-c2cccs2)cc1)N1CCn2c(nnc2-c2cc(-c3ccccc3)n[nH]2)C1. The zero-order chi connectivity index (χ0) is 22.2. The second-order valence-electron chi connectivity index (χ2n) is 7.91. The number of nitrogens with one attached hydrogen (secondary N) is 1.